The maximum atomic E-state index is 14.7. The van der Waals surface area contributed by atoms with Crippen LogP contribution < -0.4 is 11.1 Å². The van der Waals surface area contributed by atoms with Crippen molar-refractivity contribution in [1.29, 1.82) is 0 Å². The van der Waals surface area contributed by atoms with Gasteiger partial charge in [-0.2, -0.15) is 0 Å². The first-order valence-corrected chi connectivity index (χ1v) is 19.1. The number of benzene rings is 4. The number of aromatic nitrogens is 1. The second-order valence-electron chi connectivity index (χ2n) is 13.9. The van der Waals surface area contributed by atoms with E-state index in [9.17, 15) is 19.2 Å². The number of nitrogens with zero attached hydrogens (tertiary/aromatic N) is 2. The largest absolute Gasteiger partial charge is 0.458 e. The van der Waals surface area contributed by atoms with Crippen LogP contribution in [-0.4, -0.2) is 58.6 Å². The van der Waals surface area contributed by atoms with E-state index in [4.69, 9.17) is 14.9 Å². The molecule has 0 saturated carbocycles. The van der Waals surface area contributed by atoms with Crippen LogP contribution in [0.5, 0.6) is 0 Å². The lowest BCUT2D eigenvalue weighted by Crippen LogP contribution is -2.53. The summed E-state index contributed by atoms with van der Waals surface area (Å²) in [4.78, 5) is 61.9. The number of carbonyl (C=O) groups is 4. The van der Waals surface area contributed by atoms with Crippen molar-refractivity contribution in [2.24, 2.45) is 11.7 Å². The number of hydrogen-bond donors (Lipinski definition) is 2. The number of hydrogen-bond acceptors (Lipinski definition) is 8. The van der Waals surface area contributed by atoms with Gasteiger partial charge in [0, 0.05) is 24.5 Å². The van der Waals surface area contributed by atoms with Gasteiger partial charge in [-0.1, -0.05) is 109 Å². The average molecular weight is 741 g/mol. The third-order valence-corrected chi connectivity index (χ3v) is 10.1. The number of carbonyl (C=O) groups excluding carboxylic acids is 4. The predicted octanol–water partition coefficient (Wildman–Crippen LogP) is 6.95. The van der Waals surface area contributed by atoms with Gasteiger partial charge >= 0.3 is 5.97 Å². The second kappa shape index (κ2) is 19.5. The molecule has 284 valence electrons. The van der Waals surface area contributed by atoms with Crippen molar-refractivity contribution in [2.75, 3.05) is 13.1 Å². The van der Waals surface area contributed by atoms with Crippen LogP contribution in [0.2, 0.25) is 0 Å². The van der Waals surface area contributed by atoms with E-state index in [2.05, 4.69) is 10.3 Å². The first-order chi connectivity index (χ1) is 26.9. The number of amides is 2. The number of fused-ring (bicyclic) bond motifs is 1. The van der Waals surface area contributed by atoms with Crippen LogP contribution in [0.4, 0.5) is 0 Å². The van der Waals surface area contributed by atoms with Crippen LogP contribution in [-0.2, 0) is 32.1 Å². The molecule has 1 aliphatic rings. The number of rotatable bonds is 18. The van der Waals surface area contributed by atoms with Gasteiger partial charge in [0.2, 0.25) is 17.6 Å². The van der Waals surface area contributed by atoms with Gasteiger partial charge in [0.25, 0.3) is 5.89 Å². The average Bonchev–Trinajstić information content (AvgIpc) is 3.87. The molecule has 10 nitrogen and oxygen atoms in total. The highest BCUT2D eigenvalue weighted by Gasteiger charge is 2.45. The van der Waals surface area contributed by atoms with Crippen molar-refractivity contribution in [3.05, 3.63) is 150 Å². The Morgan fingerprint density at radius 2 is 1.53 bits per heavy atom. The van der Waals surface area contributed by atoms with Gasteiger partial charge in [0.05, 0.1) is 6.04 Å². The molecule has 0 spiro atoms. The van der Waals surface area contributed by atoms with Gasteiger partial charge in [-0.05, 0) is 80.3 Å². The van der Waals surface area contributed by atoms with Gasteiger partial charge in [0.1, 0.15) is 18.2 Å². The van der Waals surface area contributed by atoms with Crippen molar-refractivity contribution in [3.8, 4) is 0 Å². The minimum atomic E-state index is -0.931. The molecule has 2 amide bonds. The molecule has 0 aliphatic carbocycles. The van der Waals surface area contributed by atoms with Crippen LogP contribution >= 0.6 is 0 Å². The fourth-order valence-corrected chi connectivity index (χ4v) is 7.23. The molecule has 6 rings (SSSR count). The molecule has 0 radical (unpaired) electrons. The lowest BCUT2D eigenvalue weighted by atomic mass is 9.89. The molecule has 0 unspecified atom stereocenters. The molecule has 2 heterocycles. The minimum Gasteiger partial charge on any atom is -0.458 e. The second-order valence-corrected chi connectivity index (χ2v) is 13.9. The summed E-state index contributed by atoms with van der Waals surface area (Å²) in [6, 6.07) is 34.4. The van der Waals surface area contributed by atoms with E-state index in [1.165, 1.54) is 6.08 Å². The first kappa shape index (κ1) is 38.8. The van der Waals surface area contributed by atoms with E-state index in [1.54, 1.807) is 29.2 Å². The van der Waals surface area contributed by atoms with E-state index in [0.717, 1.165) is 16.7 Å². The zero-order valence-corrected chi connectivity index (χ0v) is 30.9. The van der Waals surface area contributed by atoms with Crippen LogP contribution in [0.3, 0.4) is 0 Å². The van der Waals surface area contributed by atoms with Crippen LogP contribution in [0.1, 0.15) is 71.8 Å². The summed E-state index contributed by atoms with van der Waals surface area (Å²) in [7, 11) is 0. The van der Waals surface area contributed by atoms with Crippen LogP contribution in [0.15, 0.2) is 132 Å². The smallest absolute Gasteiger partial charge is 0.330 e. The third-order valence-electron chi connectivity index (χ3n) is 10.1. The van der Waals surface area contributed by atoms with E-state index in [1.807, 2.05) is 97.1 Å². The number of ketones is 1. The Balaban J connectivity index is 1.24. The normalized spacial score (nSPS) is 16.6. The van der Waals surface area contributed by atoms with Crippen LogP contribution in [0.25, 0.3) is 11.1 Å². The van der Waals surface area contributed by atoms with Crippen molar-refractivity contribution in [1.82, 2.24) is 15.2 Å². The van der Waals surface area contributed by atoms with Gasteiger partial charge in [-0.15, -0.1) is 0 Å². The summed E-state index contributed by atoms with van der Waals surface area (Å²) in [6.45, 7) is 0.953. The molecular formula is C45H48N4O6. The third kappa shape index (κ3) is 10.4. The molecule has 4 atom stereocenters. The summed E-state index contributed by atoms with van der Waals surface area (Å²) in [5.74, 6) is -2.42. The van der Waals surface area contributed by atoms with Crippen molar-refractivity contribution in [3.63, 3.8) is 0 Å². The summed E-state index contributed by atoms with van der Waals surface area (Å²) < 4.78 is 11.3. The monoisotopic (exact) mass is 740 g/mol. The van der Waals surface area contributed by atoms with Crippen molar-refractivity contribution < 1.29 is 28.3 Å². The molecule has 4 aromatic carbocycles. The number of nitrogens with two attached hydrogens (primary N) is 1. The predicted molar refractivity (Wildman–Crippen MR) is 211 cm³/mol. The number of esters is 1. The summed E-state index contributed by atoms with van der Waals surface area (Å²) in [5, 5.41) is 3.03. The number of nitrogens with one attached hydrogen (secondary N) is 1. The zero-order valence-electron chi connectivity index (χ0n) is 30.9. The highest BCUT2D eigenvalue weighted by molar-refractivity contribution is 6.01. The molecule has 1 saturated heterocycles. The number of aryl methyl sites for hydroxylation is 1. The van der Waals surface area contributed by atoms with Crippen LogP contribution in [0, 0.1) is 5.92 Å². The summed E-state index contributed by atoms with van der Waals surface area (Å²) in [5.41, 5.74) is 9.72. The molecular weight excluding hydrogens is 693 g/mol. The maximum absolute atomic E-state index is 14.7. The molecule has 10 heteroatoms. The number of para-hydroxylation sites is 2. The zero-order chi connectivity index (χ0) is 38.4. The van der Waals surface area contributed by atoms with E-state index in [0.29, 0.717) is 62.7 Å². The number of unbranched alkanes of at least 4 members (excludes halogenated alkanes) is 1. The molecule has 0 bridgehead atoms. The first-order valence-electron chi connectivity index (χ1n) is 19.1. The van der Waals surface area contributed by atoms with Gasteiger partial charge in [-0.25, -0.2) is 9.78 Å². The van der Waals surface area contributed by atoms with Crippen molar-refractivity contribution >= 4 is 34.7 Å². The van der Waals surface area contributed by atoms with Gasteiger partial charge in [-0.3, -0.25) is 14.4 Å². The van der Waals surface area contributed by atoms with Gasteiger partial charge in [0.15, 0.2) is 5.58 Å². The Labute approximate surface area is 321 Å². The molecule has 1 aromatic heterocycles. The molecule has 5 aromatic rings. The number of likely N-dealkylation sites (tertiary alicyclic amines) is 1. The Morgan fingerprint density at radius 3 is 2.24 bits per heavy atom. The quantitative estimate of drug-likeness (QED) is 0.0425. The topological polar surface area (TPSA) is 145 Å². The molecule has 1 fully saturated rings. The lowest BCUT2D eigenvalue weighted by Gasteiger charge is -2.31. The number of allylic oxidation sites excluding steroid dienone is 1. The van der Waals surface area contributed by atoms with Gasteiger partial charge < -0.3 is 25.1 Å². The Hall–Kier alpha value is -5.87. The number of ether oxygens (including phenoxy) is 1. The Morgan fingerprint density at radius 1 is 0.855 bits per heavy atom. The van der Waals surface area contributed by atoms with Crippen molar-refractivity contribution in [2.45, 2.75) is 69.6 Å². The van der Waals surface area contributed by atoms with E-state index < -0.39 is 35.7 Å². The number of Topliss-reactive ketones (excluding diaryl/α,β-unsaturated/α-hetero) is 1. The molecule has 55 heavy (non-hydrogen) atoms. The maximum Gasteiger partial charge on any atom is 0.330 e. The minimum absolute atomic E-state index is 0.0757. The molecule has 3 N–H and O–H groups in total. The number of oxazole rings is 1. The summed E-state index contributed by atoms with van der Waals surface area (Å²) in [6.07, 6.45) is 6.66. The Kier molecular flexibility index (Phi) is 13.7. The fourth-order valence-electron chi connectivity index (χ4n) is 7.23. The lowest BCUT2D eigenvalue weighted by molar-refractivity contribution is -0.142. The van der Waals surface area contributed by atoms with E-state index in [-0.39, 0.29) is 30.7 Å². The fraction of sp³-hybridized carbons (Fsp3) is 0.311. The molecule has 1 aliphatic heterocycles. The van der Waals surface area contributed by atoms with E-state index >= 15 is 0 Å². The Bertz CT molecular complexity index is 2020. The highest BCUT2D eigenvalue weighted by atomic mass is 16.5. The standard InChI is InChI=1S/C45H48N4O6/c46-29-13-12-23-38(42(51)44-48-37-22-10-11-24-39(37)55-44)47-43(52)41-36(34-19-8-3-9-20-34)28-30-49(41)45(53)35(27-26-32-15-4-1-5-16-32)21-14-25-40(50)54-31-33-17-6-2-7-18-33/h1-11,14-20,22,24-25,35-36,38,41H,12-13,21,23,26-31,46H2,(H,47,52)/b25-14+/t35-,36-,38+,41+/m1/s1. The SMILES string of the molecule is NCCCC[C@H](NC(=O)[C@@H]1[C@@H](c2ccccc2)CCN1C(=O)[C@H](C/C=C/C(=O)OCc1ccccc1)CCc1ccccc1)C(=O)c1nc2ccccc2o1. The highest BCUT2D eigenvalue weighted by Crippen LogP contribution is 2.36. The summed E-state index contributed by atoms with van der Waals surface area (Å²) >= 11 is 0.